The van der Waals surface area contributed by atoms with Crippen molar-refractivity contribution in [2.45, 2.75) is 45.5 Å². The van der Waals surface area contributed by atoms with Crippen molar-refractivity contribution in [3.63, 3.8) is 0 Å². The van der Waals surface area contributed by atoms with Gasteiger partial charge in [-0.3, -0.25) is 0 Å². The zero-order valence-corrected chi connectivity index (χ0v) is 18.1. The van der Waals surface area contributed by atoms with Crippen molar-refractivity contribution in [2.24, 2.45) is 0 Å². The van der Waals surface area contributed by atoms with Gasteiger partial charge >= 0.3 is 6.18 Å². The van der Waals surface area contributed by atoms with Gasteiger partial charge in [-0.15, -0.1) is 0 Å². The summed E-state index contributed by atoms with van der Waals surface area (Å²) < 4.78 is 39.3. The lowest BCUT2D eigenvalue weighted by atomic mass is 10.1. The molecule has 0 spiro atoms. The Morgan fingerprint density at radius 1 is 0.760 bits per heavy atom. The SMILES string of the molecule is C[Si](C)(C)c1cc(-c2cc(Cl)nc(C(F)(F)F)c2)cc([Si](C)(C)C)c1. The fourth-order valence-corrected chi connectivity index (χ4v) is 5.18. The highest BCUT2D eigenvalue weighted by Crippen LogP contribution is 2.32. The number of benzene rings is 1. The Morgan fingerprint density at radius 2 is 1.20 bits per heavy atom. The second-order valence-electron chi connectivity index (χ2n) is 8.36. The van der Waals surface area contributed by atoms with Crippen LogP contribution in [-0.2, 0) is 6.18 Å². The molecule has 0 unspecified atom stereocenters. The molecule has 0 aliphatic heterocycles. The van der Waals surface area contributed by atoms with Crippen LogP contribution in [0.25, 0.3) is 11.1 Å². The molecule has 0 N–H and O–H groups in total. The van der Waals surface area contributed by atoms with Crippen LogP contribution in [0.4, 0.5) is 13.2 Å². The van der Waals surface area contributed by atoms with Crippen LogP contribution in [-0.4, -0.2) is 21.1 Å². The molecule has 1 aromatic heterocycles. The van der Waals surface area contributed by atoms with E-state index in [0.29, 0.717) is 5.56 Å². The molecule has 136 valence electrons. The molecule has 0 aliphatic carbocycles. The Morgan fingerprint density at radius 3 is 1.60 bits per heavy atom. The summed E-state index contributed by atoms with van der Waals surface area (Å²) in [5.41, 5.74) is 0.294. The van der Waals surface area contributed by atoms with Crippen molar-refractivity contribution in [3.8, 4) is 11.1 Å². The molecule has 1 aromatic carbocycles. The molecule has 0 radical (unpaired) electrons. The van der Waals surface area contributed by atoms with Gasteiger partial charge in [0.1, 0.15) is 10.8 Å². The average molecular weight is 402 g/mol. The van der Waals surface area contributed by atoms with E-state index in [1.807, 2.05) is 12.1 Å². The highest BCUT2D eigenvalue weighted by molar-refractivity contribution is 6.91. The number of hydrogen-bond donors (Lipinski definition) is 0. The molecule has 0 aliphatic rings. The van der Waals surface area contributed by atoms with Crippen LogP contribution in [0.15, 0.2) is 30.3 Å². The van der Waals surface area contributed by atoms with E-state index in [1.54, 1.807) is 0 Å². The minimum atomic E-state index is -4.52. The van der Waals surface area contributed by atoms with Crippen LogP contribution in [0.1, 0.15) is 5.69 Å². The lowest BCUT2D eigenvalue weighted by Gasteiger charge is -2.24. The second kappa shape index (κ2) is 6.56. The first-order chi connectivity index (χ1) is 11.2. The summed E-state index contributed by atoms with van der Waals surface area (Å²) in [5.74, 6) is 0. The molecule has 0 saturated heterocycles. The Balaban J connectivity index is 2.73. The number of alkyl halides is 3. The molecule has 0 saturated carbocycles. The summed E-state index contributed by atoms with van der Waals surface area (Å²) in [7, 11) is -3.24. The molecular formula is C18H23ClF3NSi2. The summed E-state index contributed by atoms with van der Waals surface area (Å²) in [5, 5.41) is 2.34. The summed E-state index contributed by atoms with van der Waals surface area (Å²) in [6.45, 7) is 13.4. The van der Waals surface area contributed by atoms with E-state index in [1.165, 1.54) is 16.4 Å². The van der Waals surface area contributed by atoms with Crippen LogP contribution in [0.3, 0.4) is 0 Å². The van der Waals surface area contributed by atoms with E-state index < -0.39 is 28.0 Å². The average Bonchev–Trinajstić information content (AvgIpc) is 2.43. The van der Waals surface area contributed by atoms with Crippen molar-refractivity contribution in [1.82, 2.24) is 4.98 Å². The third-order valence-electron chi connectivity index (χ3n) is 4.08. The van der Waals surface area contributed by atoms with Gasteiger partial charge < -0.3 is 0 Å². The Labute approximate surface area is 154 Å². The molecule has 25 heavy (non-hydrogen) atoms. The minimum absolute atomic E-state index is 0.141. The van der Waals surface area contributed by atoms with Crippen LogP contribution >= 0.6 is 11.6 Å². The van der Waals surface area contributed by atoms with Crippen molar-refractivity contribution in [2.75, 3.05) is 0 Å². The molecule has 1 heterocycles. The second-order valence-corrected chi connectivity index (χ2v) is 18.9. The molecule has 0 fully saturated rings. The first kappa shape index (κ1) is 20.2. The quantitative estimate of drug-likeness (QED) is 0.488. The first-order valence-electron chi connectivity index (χ1n) is 8.09. The van der Waals surface area contributed by atoms with Crippen molar-refractivity contribution in [1.29, 1.82) is 0 Å². The summed E-state index contributed by atoms with van der Waals surface area (Å²) >= 11 is 5.87. The summed E-state index contributed by atoms with van der Waals surface area (Å²) in [6, 6.07) is 8.87. The number of nitrogens with zero attached hydrogens (tertiary/aromatic N) is 1. The lowest BCUT2D eigenvalue weighted by molar-refractivity contribution is -0.141. The maximum atomic E-state index is 13.1. The number of halogens is 4. The number of rotatable bonds is 3. The number of hydrogen-bond acceptors (Lipinski definition) is 1. The van der Waals surface area contributed by atoms with Gasteiger partial charge in [0, 0.05) is 0 Å². The van der Waals surface area contributed by atoms with Crippen molar-refractivity contribution < 1.29 is 13.2 Å². The zero-order valence-electron chi connectivity index (χ0n) is 15.3. The van der Waals surface area contributed by atoms with Crippen LogP contribution in [0.2, 0.25) is 44.4 Å². The van der Waals surface area contributed by atoms with Crippen molar-refractivity contribution in [3.05, 3.63) is 41.2 Å². The third kappa shape index (κ3) is 4.95. The molecule has 0 atom stereocenters. The van der Waals surface area contributed by atoms with Crippen LogP contribution in [0, 0.1) is 0 Å². The van der Waals surface area contributed by atoms with Gasteiger partial charge in [0.2, 0.25) is 0 Å². The lowest BCUT2D eigenvalue weighted by Crippen LogP contribution is -2.45. The molecule has 0 bridgehead atoms. The van der Waals surface area contributed by atoms with Gasteiger partial charge in [-0.25, -0.2) is 4.98 Å². The molecule has 7 heteroatoms. The van der Waals surface area contributed by atoms with E-state index in [4.69, 9.17) is 11.6 Å². The Bertz CT molecular complexity index is 758. The largest absolute Gasteiger partial charge is 0.433 e. The number of pyridine rings is 1. The van der Waals surface area contributed by atoms with E-state index in [0.717, 1.165) is 11.6 Å². The standard InChI is InChI=1S/C18H23ClF3NSi2/c1-24(2,3)14-7-12(8-15(11-14)25(4,5)6)13-9-16(18(20,21)22)23-17(19)10-13/h7-11H,1-6H3. The summed E-state index contributed by atoms with van der Waals surface area (Å²) in [6.07, 6.45) is -4.52. The van der Waals surface area contributed by atoms with Gasteiger partial charge in [0.05, 0.1) is 16.1 Å². The molecule has 2 aromatic rings. The van der Waals surface area contributed by atoms with Gasteiger partial charge in [0.15, 0.2) is 0 Å². The van der Waals surface area contributed by atoms with Gasteiger partial charge in [-0.05, 0) is 23.3 Å². The smallest absolute Gasteiger partial charge is 0.232 e. The normalized spacial score (nSPS) is 13.2. The third-order valence-corrected chi connectivity index (χ3v) is 8.32. The molecule has 0 amide bonds. The predicted molar refractivity (Wildman–Crippen MR) is 106 cm³/mol. The monoisotopic (exact) mass is 401 g/mol. The van der Waals surface area contributed by atoms with E-state index in [9.17, 15) is 13.2 Å². The maximum Gasteiger partial charge on any atom is 0.433 e. The zero-order chi connectivity index (χ0) is 19.2. The molecule has 1 nitrogen and oxygen atoms in total. The Kier molecular flexibility index (Phi) is 5.30. The Hall–Kier alpha value is -1.12. The van der Waals surface area contributed by atoms with E-state index in [-0.39, 0.29) is 5.15 Å². The highest BCUT2D eigenvalue weighted by atomic mass is 35.5. The minimum Gasteiger partial charge on any atom is -0.232 e. The maximum absolute atomic E-state index is 13.1. The van der Waals surface area contributed by atoms with Gasteiger partial charge in [-0.1, -0.05) is 79.5 Å². The van der Waals surface area contributed by atoms with Gasteiger partial charge in [-0.2, -0.15) is 13.2 Å². The summed E-state index contributed by atoms with van der Waals surface area (Å²) in [4.78, 5) is 3.43. The highest BCUT2D eigenvalue weighted by Gasteiger charge is 2.33. The van der Waals surface area contributed by atoms with Crippen LogP contribution < -0.4 is 10.4 Å². The predicted octanol–water partition coefficient (Wildman–Crippen LogP) is 5.51. The molecular weight excluding hydrogens is 379 g/mol. The van der Waals surface area contributed by atoms with E-state index >= 15 is 0 Å². The topological polar surface area (TPSA) is 12.9 Å². The van der Waals surface area contributed by atoms with Gasteiger partial charge in [0.25, 0.3) is 0 Å². The fourth-order valence-electron chi connectivity index (χ4n) is 2.47. The van der Waals surface area contributed by atoms with Crippen LogP contribution in [0.5, 0.6) is 0 Å². The van der Waals surface area contributed by atoms with E-state index in [2.05, 4.69) is 50.3 Å². The first-order valence-corrected chi connectivity index (χ1v) is 15.5. The van der Waals surface area contributed by atoms with Crippen molar-refractivity contribution >= 4 is 38.1 Å². The molecule has 2 rings (SSSR count). The fraction of sp³-hybridized carbons (Fsp3) is 0.389. The number of aromatic nitrogens is 1.